The van der Waals surface area contributed by atoms with Crippen molar-refractivity contribution in [3.63, 3.8) is 0 Å². The van der Waals surface area contributed by atoms with Crippen molar-refractivity contribution in [2.75, 3.05) is 13.7 Å². The molecule has 26 heavy (non-hydrogen) atoms. The van der Waals surface area contributed by atoms with Crippen LogP contribution < -0.4 is 10.1 Å². The Balaban J connectivity index is 1.57. The number of aromatic nitrogens is 5. The van der Waals surface area contributed by atoms with Gasteiger partial charge in [-0.05, 0) is 38.0 Å². The number of nitrogens with zero attached hydrogens (tertiary/aromatic N) is 5. The van der Waals surface area contributed by atoms with Gasteiger partial charge in [-0.25, -0.2) is 4.68 Å². The maximum atomic E-state index is 12.4. The zero-order valence-electron chi connectivity index (χ0n) is 14.9. The summed E-state index contributed by atoms with van der Waals surface area (Å²) in [6, 6.07) is 7.78. The molecule has 0 atom stereocenters. The highest BCUT2D eigenvalue weighted by Gasteiger charge is 2.17. The summed E-state index contributed by atoms with van der Waals surface area (Å²) < 4.78 is 15.2. The molecule has 0 saturated heterocycles. The van der Waals surface area contributed by atoms with Crippen molar-refractivity contribution in [3.8, 4) is 5.75 Å². The van der Waals surface area contributed by atoms with Gasteiger partial charge in [0.05, 0.1) is 42.5 Å². The van der Waals surface area contributed by atoms with E-state index in [1.807, 2.05) is 38.1 Å². The monoisotopic (exact) mass is 372 g/mol. The van der Waals surface area contributed by atoms with Gasteiger partial charge in [0.2, 0.25) is 0 Å². The first-order valence-electron chi connectivity index (χ1n) is 8.17. The number of benzene rings is 1. The second-order valence-electron chi connectivity index (χ2n) is 5.83. The third-order valence-corrected chi connectivity index (χ3v) is 4.76. The van der Waals surface area contributed by atoms with Crippen molar-refractivity contribution in [2.24, 2.45) is 0 Å². The zero-order valence-corrected chi connectivity index (χ0v) is 15.7. The number of carbonyl (C=O) groups excluding carboxylic acids is 1. The van der Waals surface area contributed by atoms with Gasteiger partial charge in [0.1, 0.15) is 5.75 Å². The summed E-state index contributed by atoms with van der Waals surface area (Å²) in [6.45, 7) is 4.71. The van der Waals surface area contributed by atoms with E-state index in [-0.39, 0.29) is 5.91 Å². The highest BCUT2D eigenvalue weighted by Crippen LogP contribution is 2.12. The molecule has 1 amide bonds. The van der Waals surface area contributed by atoms with E-state index in [2.05, 4.69) is 24.4 Å². The summed E-state index contributed by atoms with van der Waals surface area (Å²) in [6.07, 6.45) is 0.729. The van der Waals surface area contributed by atoms with Crippen LogP contribution in [0.15, 0.2) is 24.3 Å². The second kappa shape index (κ2) is 8.05. The fraction of sp³-hybridized carbons (Fsp3) is 0.353. The molecule has 0 spiro atoms. The van der Waals surface area contributed by atoms with Crippen molar-refractivity contribution in [3.05, 3.63) is 52.6 Å². The van der Waals surface area contributed by atoms with Crippen molar-refractivity contribution in [1.29, 1.82) is 0 Å². The van der Waals surface area contributed by atoms with Gasteiger partial charge in [0.15, 0.2) is 5.69 Å². The van der Waals surface area contributed by atoms with Gasteiger partial charge in [-0.3, -0.25) is 4.79 Å². The van der Waals surface area contributed by atoms with Crippen molar-refractivity contribution in [1.82, 2.24) is 29.1 Å². The normalized spacial score (nSPS) is 10.7. The van der Waals surface area contributed by atoms with Gasteiger partial charge >= 0.3 is 0 Å². The molecule has 0 radical (unpaired) electrons. The first-order valence-corrected chi connectivity index (χ1v) is 8.90. The largest absolute Gasteiger partial charge is 0.497 e. The summed E-state index contributed by atoms with van der Waals surface area (Å²) in [4.78, 5) is 12.4. The van der Waals surface area contributed by atoms with Crippen LogP contribution in [0, 0.1) is 13.8 Å². The number of rotatable bonds is 7. The molecule has 0 unspecified atom stereocenters. The van der Waals surface area contributed by atoms with Gasteiger partial charge in [0.25, 0.3) is 5.91 Å². The first kappa shape index (κ1) is 18.0. The molecule has 0 aliphatic carbocycles. The first-order chi connectivity index (χ1) is 12.6. The topological polar surface area (TPSA) is 94.8 Å². The number of ether oxygens (including phenoxy) is 1. The molecule has 1 aromatic carbocycles. The van der Waals surface area contributed by atoms with Crippen LogP contribution in [-0.2, 0) is 13.0 Å². The minimum atomic E-state index is -0.226. The Morgan fingerprint density at radius 2 is 2.00 bits per heavy atom. The number of carbonyl (C=O) groups is 1. The molecule has 3 rings (SSSR count). The van der Waals surface area contributed by atoms with Crippen LogP contribution >= 0.6 is 11.7 Å². The Labute approximate surface area is 155 Å². The van der Waals surface area contributed by atoms with Gasteiger partial charge < -0.3 is 10.1 Å². The Morgan fingerprint density at radius 3 is 2.65 bits per heavy atom. The molecule has 0 bridgehead atoms. The third-order valence-electron chi connectivity index (χ3n) is 4.10. The van der Waals surface area contributed by atoms with Crippen LogP contribution in [0.1, 0.15) is 33.1 Å². The lowest BCUT2D eigenvalue weighted by Gasteiger charge is -2.06. The van der Waals surface area contributed by atoms with E-state index in [9.17, 15) is 4.79 Å². The van der Waals surface area contributed by atoms with Gasteiger partial charge in [-0.15, -0.1) is 5.10 Å². The van der Waals surface area contributed by atoms with E-state index in [1.165, 1.54) is 11.7 Å². The number of hydrogen-bond acceptors (Lipinski definition) is 7. The van der Waals surface area contributed by atoms with E-state index in [4.69, 9.17) is 4.74 Å². The standard InChI is InChI=1S/C17H20N6O2S/c1-11-15(21-26-20-11)10-23-12(2)16(19-22-23)17(24)18-9-8-13-4-6-14(25-3)7-5-13/h4-7H,8-10H2,1-3H3,(H,18,24). The van der Waals surface area contributed by atoms with E-state index >= 15 is 0 Å². The Bertz CT molecular complexity index is 887. The maximum Gasteiger partial charge on any atom is 0.273 e. The van der Waals surface area contributed by atoms with E-state index in [0.29, 0.717) is 24.5 Å². The van der Waals surface area contributed by atoms with Gasteiger partial charge in [0, 0.05) is 6.54 Å². The lowest BCUT2D eigenvalue weighted by atomic mass is 10.1. The predicted octanol–water partition coefficient (Wildman–Crippen LogP) is 1.78. The fourth-order valence-electron chi connectivity index (χ4n) is 2.45. The van der Waals surface area contributed by atoms with Crippen molar-refractivity contribution >= 4 is 17.6 Å². The summed E-state index contributed by atoms with van der Waals surface area (Å²) in [5, 5.41) is 11.0. The maximum absolute atomic E-state index is 12.4. The average Bonchev–Trinajstić information content (AvgIpc) is 3.22. The molecule has 9 heteroatoms. The molecule has 2 heterocycles. The quantitative estimate of drug-likeness (QED) is 0.679. The average molecular weight is 372 g/mol. The molecule has 0 aliphatic rings. The third kappa shape index (κ3) is 4.05. The highest BCUT2D eigenvalue weighted by atomic mass is 32.1. The molecule has 1 N–H and O–H groups in total. The lowest BCUT2D eigenvalue weighted by molar-refractivity contribution is 0.0948. The van der Waals surface area contributed by atoms with Crippen molar-refractivity contribution < 1.29 is 9.53 Å². The predicted molar refractivity (Wildman–Crippen MR) is 97.5 cm³/mol. The van der Waals surface area contributed by atoms with Crippen LogP contribution in [-0.4, -0.2) is 43.3 Å². The number of hydrogen-bond donors (Lipinski definition) is 1. The smallest absolute Gasteiger partial charge is 0.273 e. The van der Waals surface area contributed by atoms with Crippen LogP contribution in [0.3, 0.4) is 0 Å². The number of methoxy groups -OCH3 is 1. The van der Waals surface area contributed by atoms with Crippen molar-refractivity contribution in [2.45, 2.75) is 26.8 Å². The lowest BCUT2D eigenvalue weighted by Crippen LogP contribution is -2.26. The summed E-state index contributed by atoms with van der Waals surface area (Å²) in [7, 11) is 1.64. The van der Waals surface area contributed by atoms with E-state index < -0.39 is 0 Å². The summed E-state index contributed by atoms with van der Waals surface area (Å²) >= 11 is 1.17. The molecular weight excluding hydrogens is 352 g/mol. The molecular formula is C17H20N6O2S. The SMILES string of the molecule is COc1ccc(CCNC(=O)c2nnn(Cc3nsnc3C)c2C)cc1. The Kier molecular flexibility index (Phi) is 5.57. The number of aryl methyl sites for hydroxylation is 1. The summed E-state index contributed by atoms with van der Waals surface area (Å²) in [5.74, 6) is 0.589. The number of amides is 1. The Morgan fingerprint density at radius 1 is 1.23 bits per heavy atom. The van der Waals surface area contributed by atoms with Crippen LogP contribution in [0.5, 0.6) is 5.75 Å². The molecule has 136 valence electrons. The minimum Gasteiger partial charge on any atom is -0.497 e. The number of nitrogens with one attached hydrogen (secondary N) is 1. The zero-order chi connectivity index (χ0) is 18.5. The molecule has 0 fully saturated rings. The van der Waals surface area contributed by atoms with Crippen LogP contribution in [0.25, 0.3) is 0 Å². The second-order valence-corrected chi connectivity index (χ2v) is 6.36. The molecule has 0 saturated carbocycles. The molecule has 2 aromatic heterocycles. The Hall–Kier alpha value is -2.81. The van der Waals surface area contributed by atoms with E-state index in [1.54, 1.807) is 11.8 Å². The summed E-state index contributed by atoms with van der Waals surface area (Å²) in [5.41, 5.74) is 3.88. The van der Waals surface area contributed by atoms with Gasteiger partial charge in [-0.1, -0.05) is 17.3 Å². The minimum absolute atomic E-state index is 0.226. The van der Waals surface area contributed by atoms with Crippen LogP contribution in [0.4, 0.5) is 0 Å². The molecule has 8 nitrogen and oxygen atoms in total. The van der Waals surface area contributed by atoms with E-state index in [0.717, 1.165) is 29.1 Å². The fourth-order valence-corrected chi connectivity index (χ4v) is 3.01. The molecule has 3 aromatic rings. The van der Waals surface area contributed by atoms with Crippen LogP contribution in [0.2, 0.25) is 0 Å². The van der Waals surface area contributed by atoms with Gasteiger partial charge in [-0.2, -0.15) is 8.75 Å². The highest BCUT2D eigenvalue weighted by molar-refractivity contribution is 6.99. The molecule has 0 aliphatic heterocycles.